The Bertz CT molecular complexity index is 1380. The van der Waals surface area contributed by atoms with E-state index in [0.29, 0.717) is 11.3 Å². The first kappa shape index (κ1) is 31.9. The van der Waals surface area contributed by atoms with Gasteiger partial charge < -0.3 is 14.9 Å². The molecule has 0 spiro atoms. The van der Waals surface area contributed by atoms with Gasteiger partial charge in [0.05, 0.1) is 39.2 Å². The van der Waals surface area contributed by atoms with E-state index >= 15 is 4.39 Å². The fraction of sp³-hybridized carbons (Fsp3) is 0.500. The van der Waals surface area contributed by atoms with E-state index in [2.05, 4.69) is 20.9 Å². The number of hydrogen-bond donors (Lipinski definition) is 1. The number of anilines is 2. The van der Waals surface area contributed by atoms with Crippen molar-refractivity contribution in [2.45, 2.75) is 66.5 Å². The Morgan fingerprint density at radius 2 is 1.85 bits per heavy atom. The third kappa shape index (κ3) is 6.50. The first-order chi connectivity index (χ1) is 19.0. The minimum atomic E-state index is -1.11. The van der Waals surface area contributed by atoms with E-state index in [-0.39, 0.29) is 40.4 Å². The lowest BCUT2D eigenvalue weighted by atomic mass is 9.79. The maximum absolute atomic E-state index is 15.1. The Labute approximate surface area is 246 Å². The van der Waals surface area contributed by atoms with Crippen LogP contribution in [0.2, 0.25) is 0 Å². The second-order valence-corrected chi connectivity index (χ2v) is 12.4. The topological polar surface area (TPSA) is 137 Å². The van der Waals surface area contributed by atoms with Crippen LogP contribution < -0.4 is 4.90 Å². The van der Waals surface area contributed by atoms with Crippen LogP contribution in [0.5, 0.6) is 0 Å². The van der Waals surface area contributed by atoms with Crippen molar-refractivity contribution in [3.63, 3.8) is 0 Å². The number of carboxylic acid groups (broad SMARTS) is 1. The molecular formula is C28H35BrFN5O6. The van der Waals surface area contributed by atoms with Crippen LogP contribution in [0.4, 0.5) is 20.6 Å². The molecule has 1 saturated heterocycles. The third-order valence-electron chi connectivity index (χ3n) is 7.21. The van der Waals surface area contributed by atoms with Crippen molar-refractivity contribution in [2.75, 3.05) is 24.5 Å². The number of benzene rings is 1. The predicted octanol–water partition coefficient (Wildman–Crippen LogP) is 5.60. The monoisotopic (exact) mass is 635 g/mol. The molecule has 2 atom stereocenters. The van der Waals surface area contributed by atoms with Crippen molar-refractivity contribution in [2.24, 2.45) is 5.41 Å². The summed E-state index contributed by atoms with van der Waals surface area (Å²) in [5.41, 5.74) is 0.541. The van der Waals surface area contributed by atoms with Gasteiger partial charge in [0, 0.05) is 24.2 Å². The molecular weight excluding hydrogens is 601 g/mol. The fourth-order valence-corrected chi connectivity index (χ4v) is 5.91. The quantitative estimate of drug-likeness (QED) is 0.322. The van der Waals surface area contributed by atoms with E-state index in [4.69, 9.17) is 0 Å². The second kappa shape index (κ2) is 12.1. The zero-order chi connectivity index (χ0) is 31.0. The number of amides is 3. The standard InChI is InChI=1S/C28H35BrFN5O6/c1-15(2)23-24(16(3)8-9-31-23)35(22(36)14-34(40)41)21-13-19(29)20(30)12-18(21)26(37)32-10-11-33(27(38)39)25(17(32)4)28(5,6)7/h8-9,12-13,15,17,25H,10-11,14H2,1-7H3,(H,38,39). The number of pyridine rings is 1. The lowest BCUT2D eigenvalue weighted by Crippen LogP contribution is -2.65. The summed E-state index contributed by atoms with van der Waals surface area (Å²) in [6.07, 6.45) is 0.455. The molecule has 2 aromatic rings. The Balaban J connectivity index is 2.27. The molecule has 0 aliphatic carbocycles. The molecule has 2 unspecified atom stereocenters. The van der Waals surface area contributed by atoms with Gasteiger partial charge in [-0.05, 0) is 64.9 Å². The molecule has 1 fully saturated rings. The highest BCUT2D eigenvalue weighted by molar-refractivity contribution is 9.10. The molecule has 2 heterocycles. The molecule has 0 bridgehead atoms. The van der Waals surface area contributed by atoms with Gasteiger partial charge in [-0.1, -0.05) is 34.6 Å². The summed E-state index contributed by atoms with van der Waals surface area (Å²) < 4.78 is 15.0. The summed E-state index contributed by atoms with van der Waals surface area (Å²) in [6, 6.07) is 2.71. The van der Waals surface area contributed by atoms with Gasteiger partial charge in [-0.3, -0.25) is 29.6 Å². The molecule has 1 aromatic carbocycles. The maximum Gasteiger partial charge on any atom is 0.407 e. The number of aryl methyl sites for hydroxylation is 1. The van der Waals surface area contributed by atoms with Crippen LogP contribution in [0.25, 0.3) is 0 Å². The van der Waals surface area contributed by atoms with E-state index in [1.807, 2.05) is 34.6 Å². The van der Waals surface area contributed by atoms with Crippen molar-refractivity contribution in [1.29, 1.82) is 0 Å². The van der Waals surface area contributed by atoms with Gasteiger partial charge in [-0.15, -0.1) is 0 Å². The van der Waals surface area contributed by atoms with Crippen LogP contribution in [0.15, 0.2) is 28.9 Å². The SMILES string of the molecule is Cc1ccnc(C(C)C)c1N(C(=O)C[N+](=O)[O-])c1cc(Br)c(F)cc1C(=O)N1CCN(C(=O)O)C(C(C)(C)C)C1C. The van der Waals surface area contributed by atoms with E-state index in [9.17, 15) is 29.6 Å². The van der Waals surface area contributed by atoms with Crippen LogP contribution in [0.3, 0.4) is 0 Å². The van der Waals surface area contributed by atoms with Crippen molar-refractivity contribution in [3.05, 3.63) is 61.6 Å². The Morgan fingerprint density at radius 3 is 2.39 bits per heavy atom. The van der Waals surface area contributed by atoms with E-state index in [1.54, 1.807) is 26.1 Å². The van der Waals surface area contributed by atoms with Gasteiger partial charge in [0.1, 0.15) is 5.82 Å². The highest BCUT2D eigenvalue weighted by atomic mass is 79.9. The first-order valence-corrected chi connectivity index (χ1v) is 14.0. The Kier molecular flexibility index (Phi) is 9.41. The van der Waals surface area contributed by atoms with Crippen LogP contribution in [-0.2, 0) is 4.79 Å². The number of piperazine rings is 1. The molecule has 222 valence electrons. The van der Waals surface area contributed by atoms with Gasteiger partial charge >= 0.3 is 12.0 Å². The van der Waals surface area contributed by atoms with Crippen LogP contribution >= 0.6 is 15.9 Å². The normalized spacial score (nSPS) is 17.5. The van der Waals surface area contributed by atoms with Crippen LogP contribution in [0, 0.1) is 28.3 Å². The summed E-state index contributed by atoms with van der Waals surface area (Å²) in [4.78, 5) is 58.8. The number of carbonyl (C=O) groups is 3. The zero-order valence-electron chi connectivity index (χ0n) is 24.1. The van der Waals surface area contributed by atoms with Gasteiger partial charge in [0.25, 0.3) is 12.5 Å². The fourth-order valence-electron chi connectivity index (χ4n) is 5.57. The summed E-state index contributed by atoms with van der Waals surface area (Å²) in [5, 5.41) is 21.3. The summed E-state index contributed by atoms with van der Waals surface area (Å²) >= 11 is 3.14. The second-order valence-electron chi connectivity index (χ2n) is 11.5. The minimum Gasteiger partial charge on any atom is -0.465 e. The molecule has 3 amide bonds. The number of nitro groups is 1. The maximum atomic E-state index is 15.1. The minimum absolute atomic E-state index is 0.0298. The highest BCUT2D eigenvalue weighted by Crippen LogP contribution is 2.40. The molecule has 13 heteroatoms. The third-order valence-corrected chi connectivity index (χ3v) is 7.82. The molecule has 41 heavy (non-hydrogen) atoms. The number of hydrogen-bond acceptors (Lipinski definition) is 6. The average Bonchev–Trinajstić information content (AvgIpc) is 2.85. The summed E-state index contributed by atoms with van der Waals surface area (Å²) in [6.45, 7) is 11.8. The molecule has 0 saturated carbocycles. The smallest absolute Gasteiger partial charge is 0.407 e. The lowest BCUT2D eigenvalue weighted by molar-refractivity contribution is -0.467. The summed E-state index contributed by atoms with van der Waals surface area (Å²) in [7, 11) is 0. The molecule has 1 aromatic heterocycles. The molecule has 0 radical (unpaired) electrons. The van der Waals surface area contributed by atoms with Gasteiger partial charge in [-0.2, -0.15) is 0 Å². The molecule has 1 N–H and O–H groups in total. The Hall–Kier alpha value is -3.61. The van der Waals surface area contributed by atoms with Gasteiger partial charge in [-0.25, -0.2) is 9.18 Å². The number of nitrogens with zero attached hydrogens (tertiary/aromatic N) is 5. The van der Waals surface area contributed by atoms with Crippen molar-refractivity contribution < 1.29 is 28.8 Å². The van der Waals surface area contributed by atoms with Crippen molar-refractivity contribution >= 4 is 45.2 Å². The van der Waals surface area contributed by atoms with Gasteiger partial charge in [0.2, 0.25) is 0 Å². The number of carbonyl (C=O) groups excluding carboxylic acids is 2. The van der Waals surface area contributed by atoms with E-state index < -0.39 is 52.7 Å². The average molecular weight is 637 g/mol. The predicted molar refractivity (Wildman–Crippen MR) is 155 cm³/mol. The zero-order valence-corrected chi connectivity index (χ0v) is 25.7. The first-order valence-electron chi connectivity index (χ1n) is 13.2. The van der Waals surface area contributed by atoms with Crippen molar-refractivity contribution in [3.8, 4) is 0 Å². The summed E-state index contributed by atoms with van der Waals surface area (Å²) in [5.74, 6) is -2.54. The number of halogens is 2. The van der Waals surface area contributed by atoms with Crippen molar-refractivity contribution in [1.82, 2.24) is 14.8 Å². The Morgan fingerprint density at radius 1 is 1.24 bits per heavy atom. The molecule has 1 aliphatic heterocycles. The molecule has 11 nitrogen and oxygen atoms in total. The number of rotatable bonds is 6. The van der Waals surface area contributed by atoms with Crippen LogP contribution in [0.1, 0.15) is 69.1 Å². The van der Waals surface area contributed by atoms with Gasteiger partial charge in [0.15, 0.2) is 0 Å². The molecule has 3 rings (SSSR count). The molecule has 1 aliphatic rings. The van der Waals surface area contributed by atoms with E-state index in [0.717, 1.165) is 11.0 Å². The largest absolute Gasteiger partial charge is 0.465 e. The van der Waals surface area contributed by atoms with Crippen LogP contribution in [-0.4, -0.2) is 74.4 Å². The van der Waals surface area contributed by atoms with E-state index in [1.165, 1.54) is 15.9 Å². The lowest BCUT2D eigenvalue weighted by Gasteiger charge is -2.50. The number of aromatic nitrogens is 1. The highest BCUT2D eigenvalue weighted by Gasteiger charge is 2.45.